The number of ether oxygens (including phenoxy) is 2. The Balaban J connectivity index is 1.16. The predicted octanol–water partition coefficient (Wildman–Crippen LogP) is 6.54. The first-order chi connectivity index (χ1) is 27.4. The van der Waals surface area contributed by atoms with Crippen molar-refractivity contribution in [3.8, 4) is 0 Å². The zero-order valence-electron chi connectivity index (χ0n) is 32.9. The van der Waals surface area contributed by atoms with Crippen molar-refractivity contribution in [2.24, 2.45) is 5.92 Å². The fourth-order valence-electron chi connectivity index (χ4n) is 7.06. The lowest BCUT2D eigenvalue weighted by Crippen LogP contribution is -2.47. The van der Waals surface area contributed by atoms with Crippen LogP contribution in [0, 0.1) is 12.8 Å². The Labute approximate surface area is 336 Å². The minimum absolute atomic E-state index is 0.0495. The molecule has 1 aliphatic rings. The van der Waals surface area contributed by atoms with E-state index < -0.39 is 34.4 Å². The number of rotatable bonds is 16. The van der Waals surface area contributed by atoms with Crippen molar-refractivity contribution in [1.29, 1.82) is 0 Å². The van der Waals surface area contributed by atoms with E-state index in [1.165, 1.54) is 12.1 Å². The first-order valence-corrected chi connectivity index (χ1v) is 20.8. The van der Waals surface area contributed by atoms with Gasteiger partial charge < -0.3 is 25.0 Å². The minimum atomic E-state index is -3.97. The number of hydrogen-bond acceptors (Lipinski definition) is 8. The maximum atomic E-state index is 13.6. The van der Waals surface area contributed by atoms with E-state index >= 15 is 0 Å². The standard InChI is InChI=1S/C46H53N3O7S/c1-31-15-25-40(26-16-31)57(53,54)48-41(27-34-11-7-5-8-12-34)45(52)47-28-35-17-23-39(24-18-35)46-55-42(29-49(4)33(3)43(51)37-13-9-6-10-14-37)32(2)44(56-46)38-21-19-36(30-50)20-22-38/h5-26,32-33,41-44,46,48,50-51H,27-30H2,1-4H3,(H,47,52). The summed E-state index contributed by atoms with van der Waals surface area (Å²) in [5.41, 5.74) is 6.00. The van der Waals surface area contributed by atoms with Gasteiger partial charge in [-0.3, -0.25) is 9.69 Å². The summed E-state index contributed by atoms with van der Waals surface area (Å²) in [4.78, 5) is 15.8. The molecule has 5 aromatic carbocycles. The Morgan fingerprint density at radius 1 is 0.789 bits per heavy atom. The van der Waals surface area contributed by atoms with Gasteiger partial charge in [0, 0.05) is 30.6 Å². The monoisotopic (exact) mass is 791 g/mol. The number of carbonyl (C=O) groups excluding carboxylic acids is 1. The molecule has 0 saturated carbocycles. The molecule has 0 bridgehead atoms. The molecule has 11 heteroatoms. The first-order valence-electron chi connectivity index (χ1n) is 19.3. The van der Waals surface area contributed by atoms with Crippen molar-refractivity contribution < 1.29 is 32.9 Å². The van der Waals surface area contributed by atoms with Gasteiger partial charge in [0.05, 0.1) is 29.8 Å². The normalized spacial score (nSPS) is 20.1. The van der Waals surface area contributed by atoms with Crippen LogP contribution in [-0.4, -0.2) is 61.2 Å². The van der Waals surface area contributed by atoms with E-state index in [9.17, 15) is 23.4 Å². The summed E-state index contributed by atoms with van der Waals surface area (Å²) in [6.07, 6.45) is -1.78. The topological polar surface area (TPSA) is 137 Å². The highest BCUT2D eigenvalue weighted by Crippen LogP contribution is 2.42. The Kier molecular flexibility index (Phi) is 14.1. The molecule has 57 heavy (non-hydrogen) atoms. The van der Waals surface area contributed by atoms with E-state index in [-0.39, 0.29) is 48.6 Å². The summed E-state index contributed by atoms with van der Waals surface area (Å²) in [5, 5.41) is 23.8. The quantitative estimate of drug-likeness (QED) is 0.0885. The highest BCUT2D eigenvalue weighted by atomic mass is 32.2. The maximum absolute atomic E-state index is 13.6. The second-order valence-corrected chi connectivity index (χ2v) is 16.7. The van der Waals surface area contributed by atoms with Crippen molar-refractivity contribution in [2.75, 3.05) is 13.6 Å². The van der Waals surface area contributed by atoms with E-state index in [1.807, 2.05) is 130 Å². The highest BCUT2D eigenvalue weighted by molar-refractivity contribution is 7.89. The van der Waals surface area contributed by atoms with E-state index in [0.717, 1.165) is 38.9 Å². The fraction of sp³-hybridized carbons (Fsp3) is 0.326. The van der Waals surface area contributed by atoms with Crippen LogP contribution in [0.5, 0.6) is 0 Å². The van der Waals surface area contributed by atoms with E-state index in [2.05, 4.69) is 21.9 Å². The lowest BCUT2D eigenvalue weighted by Gasteiger charge is -2.43. The molecular formula is C46H53N3O7S. The summed E-state index contributed by atoms with van der Waals surface area (Å²) < 4.78 is 42.7. The molecule has 7 atom stereocenters. The summed E-state index contributed by atoms with van der Waals surface area (Å²) >= 11 is 0. The van der Waals surface area contributed by atoms with Crippen molar-refractivity contribution in [3.63, 3.8) is 0 Å². The number of nitrogens with zero attached hydrogens (tertiary/aromatic N) is 1. The van der Waals surface area contributed by atoms with Gasteiger partial charge >= 0.3 is 0 Å². The molecule has 0 radical (unpaired) electrons. The molecule has 6 rings (SSSR count). The van der Waals surface area contributed by atoms with Gasteiger partial charge in [-0.25, -0.2) is 8.42 Å². The number of amides is 1. The second-order valence-electron chi connectivity index (χ2n) is 15.0. The van der Waals surface area contributed by atoms with Crippen LogP contribution in [0.3, 0.4) is 0 Å². The van der Waals surface area contributed by atoms with Crippen molar-refractivity contribution >= 4 is 15.9 Å². The third-order valence-corrected chi connectivity index (χ3v) is 12.3. The van der Waals surface area contributed by atoms with Crippen LogP contribution in [-0.2, 0) is 43.9 Å². The predicted molar refractivity (Wildman–Crippen MR) is 220 cm³/mol. The van der Waals surface area contributed by atoms with Gasteiger partial charge in [0.25, 0.3) is 0 Å². The van der Waals surface area contributed by atoms with Crippen molar-refractivity contribution in [2.45, 2.75) is 81.9 Å². The third-order valence-electron chi connectivity index (χ3n) is 10.8. The Hall–Kier alpha value is -4.72. The fourth-order valence-corrected chi connectivity index (χ4v) is 8.26. The summed E-state index contributed by atoms with van der Waals surface area (Å²) in [7, 11) is -1.98. The zero-order valence-corrected chi connectivity index (χ0v) is 33.7. The van der Waals surface area contributed by atoms with Crippen LogP contribution in [0.4, 0.5) is 0 Å². The van der Waals surface area contributed by atoms with Gasteiger partial charge in [-0.15, -0.1) is 0 Å². The number of aliphatic hydroxyl groups excluding tert-OH is 2. The highest BCUT2D eigenvalue weighted by Gasteiger charge is 2.39. The van der Waals surface area contributed by atoms with E-state index in [0.29, 0.717) is 6.54 Å². The molecule has 1 fully saturated rings. The molecule has 1 heterocycles. The van der Waals surface area contributed by atoms with Gasteiger partial charge in [-0.1, -0.05) is 134 Å². The Morgan fingerprint density at radius 2 is 1.39 bits per heavy atom. The molecular weight excluding hydrogens is 739 g/mol. The smallest absolute Gasteiger partial charge is 0.241 e. The summed E-state index contributed by atoms with van der Waals surface area (Å²) in [6, 6.07) is 39.6. The van der Waals surface area contributed by atoms with Gasteiger partial charge in [-0.05, 0) is 67.3 Å². The molecule has 1 aliphatic heterocycles. The van der Waals surface area contributed by atoms with Crippen LogP contribution in [0.2, 0.25) is 0 Å². The second kappa shape index (κ2) is 19.1. The maximum Gasteiger partial charge on any atom is 0.241 e. The van der Waals surface area contributed by atoms with Crippen LogP contribution in [0.1, 0.15) is 71.3 Å². The lowest BCUT2D eigenvalue weighted by molar-refractivity contribution is -0.276. The van der Waals surface area contributed by atoms with Crippen LogP contribution in [0.15, 0.2) is 138 Å². The average Bonchev–Trinajstić information content (AvgIpc) is 3.23. The first kappa shape index (κ1) is 41.9. The molecule has 4 N–H and O–H groups in total. The molecule has 0 aliphatic carbocycles. The van der Waals surface area contributed by atoms with Gasteiger partial charge in [0.1, 0.15) is 6.04 Å². The minimum Gasteiger partial charge on any atom is -0.392 e. The van der Waals surface area contributed by atoms with Gasteiger partial charge in [0.2, 0.25) is 15.9 Å². The number of nitrogens with one attached hydrogen (secondary N) is 2. The molecule has 5 aromatic rings. The molecule has 300 valence electrons. The molecule has 0 aromatic heterocycles. The number of carbonyl (C=O) groups is 1. The number of hydrogen-bond donors (Lipinski definition) is 4. The molecule has 7 unspecified atom stereocenters. The molecule has 1 amide bonds. The number of aliphatic hydroxyl groups is 2. The van der Waals surface area contributed by atoms with Crippen molar-refractivity contribution in [1.82, 2.24) is 14.9 Å². The van der Waals surface area contributed by atoms with Gasteiger partial charge in [-0.2, -0.15) is 4.72 Å². The third kappa shape index (κ3) is 10.8. The number of aryl methyl sites for hydroxylation is 1. The average molecular weight is 792 g/mol. The van der Waals surface area contributed by atoms with E-state index in [1.54, 1.807) is 12.1 Å². The number of sulfonamides is 1. The zero-order chi connectivity index (χ0) is 40.5. The lowest BCUT2D eigenvalue weighted by atomic mass is 9.89. The van der Waals surface area contributed by atoms with Crippen molar-refractivity contribution in [3.05, 3.63) is 172 Å². The molecule has 0 spiro atoms. The number of benzene rings is 5. The Morgan fingerprint density at radius 3 is 2.02 bits per heavy atom. The van der Waals surface area contributed by atoms with Crippen LogP contribution < -0.4 is 10.0 Å². The summed E-state index contributed by atoms with van der Waals surface area (Å²) in [6.45, 7) is 6.66. The SMILES string of the molecule is Cc1ccc(S(=O)(=O)NC(Cc2ccccc2)C(=O)NCc2ccc(C3OC(CN(C)C(C)C(O)c4ccccc4)C(C)C(c4ccc(CO)cc4)O3)cc2)cc1. The molecule has 1 saturated heterocycles. The Bertz CT molecular complexity index is 2140. The van der Waals surface area contributed by atoms with Crippen LogP contribution >= 0.6 is 0 Å². The summed E-state index contributed by atoms with van der Waals surface area (Å²) in [5.74, 6) is -0.494. The molecule has 10 nitrogen and oxygen atoms in total. The van der Waals surface area contributed by atoms with Gasteiger partial charge in [0.15, 0.2) is 6.29 Å². The van der Waals surface area contributed by atoms with Crippen LogP contribution in [0.25, 0.3) is 0 Å². The van der Waals surface area contributed by atoms with E-state index in [4.69, 9.17) is 9.47 Å². The number of likely N-dealkylation sites (N-methyl/N-ethyl adjacent to an activating group) is 1. The largest absolute Gasteiger partial charge is 0.392 e.